The maximum absolute atomic E-state index is 12.9. The third-order valence-electron chi connectivity index (χ3n) is 5.45. The molecule has 6 nitrogen and oxygen atoms in total. The minimum Gasteiger partial charge on any atom is -0.352 e. The number of aromatic nitrogens is 1. The highest BCUT2D eigenvalue weighted by Gasteiger charge is 2.33. The van der Waals surface area contributed by atoms with Crippen molar-refractivity contribution in [2.45, 2.75) is 12.5 Å². The number of piperazine rings is 1. The van der Waals surface area contributed by atoms with Gasteiger partial charge in [0.15, 0.2) is 6.04 Å². The number of H-pyrrole nitrogens is 1. The van der Waals surface area contributed by atoms with Gasteiger partial charge in [-0.2, -0.15) is 5.26 Å². The quantitative estimate of drug-likeness (QED) is 0.834. The van der Waals surface area contributed by atoms with Gasteiger partial charge in [-0.15, -0.1) is 0 Å². The summed E-state index contributed by atoms with van der Waals surface area (Å²) in [7, 11) is 0. The van der Waals surface area contributed by atoms with E-state index in [-0.39, 0.29) is 17.6 Å². The summed E-state index contributed by atoms with van der Waals surface area (Å²) in [5, 5.41) is 10.6. The minimum absolute atomic E-state index is 0.101. The Morgan fingerprint density at radius 3 is 2.61 bits per heavy atom. The van der Waals surface area contributed by atoms with Crippen LogP contribution in [0.15, 0.2) is 54.6 Å². The second-order valence-electron chi connectivity index (χ2n) is 7.18. The van der Waals surface area contributed by atoms with Gasteiger partial charge in [0.2, 0.25) is 11.7 Å². The predicted octanol–water partition coefficient (Wildman–Crippen LogP) is 2.52. The number of carbonyl (C=O) groups is 2. The lowest BCUT2D eigenvalue weighted by Crippen LogP contribution is -2.54. The van der Waals surface area contributed by atoms with E-state index in [1.54, 1.807) is 6.07 Å². The van der Waals surface area contributed by atoms with E-state index in [0.29, 0.717) is 31.9 Å². The molecule has 1 amide bonds. The molecule has 28 heavy (non-hydrogen) atoms. The monoisotopic (exact) mass is 374 g/mol. The van der Waals surface area contributed by atoms with Gasteiger partial charge in [-0.1, -0.05) is 42.5 Å². The Morgan fingerprint density at radius 1 is 1.14 bits per heavy atom. The van der Waals surface area contributed by atoms with Gasteiger partial charge in [-0.05, 0) is 18.6 Å². The molecule has 142 valence electrons. The normalized spacial score (nSPS) is 20.8. The number of rotatable bonds is 4. The number of para-hydroxylation sites is 1. The average molecular weight is 374 g/mol. The summed E-state index contributed by atoms with van der Waals surface area (Å²) >= 11 is 0. The van der Waals surface area contributed by atoms with Gasteiger partial charge >= 0.3 is 0 Å². The molecule has 0 saturated carbocycles. The molecule has 0 radical (unpaired) electrons. The lowest BCUT2D eigenvalue weighted by atomic mass is 9.99. The third kappa shape index (κ3) is 3.49. The van der Waals surface area contributed by atoms with Gasteiger partial charge in [-0.3, -0.25) is 14.5 Å². The molecule has 1 N–H and O–H groups in total. The maximum Gasteiger partial charge on any atom is 0.229 e. The van der Waals surface area contributed by atoms with Crippen LogP contribution < -0.4 is 0 Å². The summed E-state index contributed by atoms with van der Waals surface area (Å²) in [6, 6.07) is 10.8. The molecular formula is C22H22N4O2. The number of amides is 1. The summed E-state index contributed by atoms with van der Waals surface area (Å²) in [5.41, 5.74) is 1.33. The number of nitriles is 1. The van der Waals surface area contributed by atoms with Crippen molar-refractivity contribution in [3.63, 3.8) is 0 Å². The first kappa shape index (κ1) is 18.2. The lowest BCUT2D eigenvalue weighted by molar-refractivity contribution is -0.135. The molecule has 2 atom stereocenters. The van der Waals surface area contributed by atoms with Crippen LogP contribution in [-0.2, 0) is 4.79 Å². The molecule has 4 rings (SSSR count). The SMILES string of the molecule is N#CC(C(=O)c1cc2ccccc2[nH]1)N1CCN(C(=O)C2C=CC=CC2)CC1. The van der Waals surface area contributed by atoms with Gasteiger partial charge in [0.25, 0.3) is 0 Å². The Morgan fingerprint density at radius 2 is 1.93 bits per heavy atom. The zero-order valence-electron chi connectivity index (χ0n) is 15.5. The molecule has 1 aliphatic heterocycles. The fourth-order valence-corrected chi connectivity index (χ4v) is 3.86. The first-order valence-electron chi connectivity index (χ1n) is 9.55. The summed E-state index contributed by atoms with van der Waals surface area (Å²) in [6.07, 6.45) is 8.53. The lowest BCUT2D eigenvalue weighted by Gasteiger charge is -2.37. The molecule has 2 aliphatic rings. The van der Waals surface area contributed by atoms with E-state index < -0.39 is 6.04 Å². The van der Waals surface area contributed by atoms with Gasteiger partial charge in [-0.25, -0.2) is 0 Å². The molecule has 2 unspecified atom stereocenters. The van der Waals surface area contributed by atoms with Crippen LogP contribution >= 0.6 is 0 Å². The number of ketones is 1. The molecule has 2 aromatic rings. The number of fused-ring (bicyclic) bond motifs is 1. The highest BCUT2D eigenvalue weighted by Crippen LogP contribution is 2.20. The zero-order valence-corrected chi connectivity index (χ0v) is 15.5. The Labute approximate surface area is 163 Å². The van der Waals surface area contributed by atoms with E-state index in [0.717, 1.165) is 17.3 Å². The highest BCUT2D eigenvalue weighted by molar-refractivity contribution is 6.03. The zero-order chi connectivity index (χ0) is 19.5. The number of hydrogen-bond acceptors (Lipinski definition) is 4. The van der Waals surface area contributed by atoms with E-state index in [4.69, 9.17) is 0 Å². The van der Waals surface area contributed by atoms with E-state index in [2.05, 4.69) is 11.1 Å². The van der Waals surface area contributed by atoms with E-state index in [9.17, 15) is 14.9 Å². The van der Waals surface area contributed by atoms with Crippen LogP contribution in [-0.4, -0.2) is 58.7 Å². The Hall–Kier alpha value is -3.17. The molecule has 0 spiro atoms. The Balaban J connectivity index is 1.41. The molecule has 2 heterocycles. The molecule has 1 saturated heterocycles. The first-order valence-corrected chi connectivity index (χ1v) is 9.55. The fraction of sp³-hybridized carbons (Fsp3) is 0.318. The van der Waals surface area contributed by atoms with E-state index in [1.165, 1.54) is 0 Å². The molecule has 0 bridgehead atoms. The van der Waals surface area contributed by atoms with Crippen molar-refractivity contribution in [1.82, 2.24) is 14.8 Å². The molecular weight excluding hydrogens is 352 g/mol. The van der Waals surface area contributed by atoms with Crippen LogP contribution in [0.3, 0.4) is 0 Å². The van der Waals surface area contributed by atoms with Crippen LogP contribution in [0.4, 0.5) is 0 Å². The second-order valence-corrected chi connectivity index (χ2v) is 7.18. The molecule has 1 aromatic heterocycles. The minimum atomic E-state index is -0.845. The summed E-state index contributed by atoms with van der Waals surface area (Å²) in [6.45, 7) is 2.10. The van der Waals surface area contributed by atoms with Crippen molar-refractivity contribution in [2.75, 3.05) is 26.2 Å². The Kier molecular flexibility index (Phi) is 5.09. The van der Waals surface area contributed by atoms with Gasteiger partial charge < -0.3 is 9.88 Å². The topological polar surface area (TPSA) is 80.2 Å². The number of nitrogens with one attached hydrogen (secondary N) is 1. The summed E-state index contributed by atoms with van der Waals surface area (Å²) in [5.74, 6) is -0.203. The average Bonchev–Trinajstić information content (AvgIpc) is 3.19. The van der Waals surface area contributed by atoms with Crippen molar-refractivity contribution >= 4 is 22.6 Å². The number of benzene rings is 1. The largest absolute Gasteiger partial charge is 0.352 e. The van der Waals surface area contributed by atoms with Crippen molar-refractivity contribution in [2.24, 2.45) is 5.92 Å². The van der Waals surface area contributed by atoms with Crippen LogP contribution in [0.5, 0.6) is 0 Å². The molecule has 1 aromatic carbocycles. The molecule has 1 aliphatic carbocycles. The van der Waals surface area contributed by atoms with Gasteiger partial charge in [0.1, 0.15) is 0 Å². The van der Waals surface area contributed by atoms with E-state index >= 15 is 0 Å². The Bertz CT molecular complexity index is 956. The third-order valence-corrected chi connectivity index (χ3v) is 5.45. The van der Waals surface area contributed by atoms with Crippen LogP contribution in [0.1, 0.15) is 16.9 Å². The number of allylic oxidation sites excluding steroid dienone is 3. The van der Waals surface area contributed by atoms with Crippen molar-refractivity contribution in [3.05, 3.63) is 60.3 Å². The first-order chi connectivity index (χ1) is 13.7. The van der Waals surface area contributed by atoms with Crippen LogP contribution in [0, 0.1) is 17.2 Å². The van der Waals surface area contributed by atoms with Crippen molar-refractivity contribution in [3.8, 4) is 6.07 Å². The fourth-order valence-electron chi connectivity index (χ4n) is 3.86. The number of carbonyl (C=O) groups excluding carboxylic acids is 2. The summed E-state index contributed by atoms with van der Waals surface area (Å²) in [4.78, 5) is 32.4. The second kappa shape index (κ2) is 7.83. The maximum atomic E-state index is 12.9. The van der Waals surface area contributed by atoms with Gasteiger partial charge in [0, 0.05) is 37.1 Å². The van der Waals surface area contributed by atoms with Gasteiger partial charge in [0.05, 0.1) is 17.7 Å². The number of nitrogens with zero attached hydrogens (tertiary/aromatic N) is 3. The van der Waals surface area contributed by atoms with Crippen LogP contribution in [0.25, 0.3) is 10.9 Å². The van der Waals surface area contributed by atoms with Crippen molar-refractivity contribution in [1.29, 1.82) is 5.26 Å². The number of hydrogen-bond donors (Lipinski definition) is 1. The predicted molar refractivity (Wildman–Crippen MR) is 107 cm³/mol. The number of Topliss-reactive ketones (excluding diaryl/α,β-unsaturated/α-hetero) is 1. The summed E-state index contributed by atoms with van der Waals surface area (Å²) < 4.78 is 0. The number of aromatic amines is 1. The highest BCUT2D eigenvalue weighted by atomic mass is 16.2. The smallest absolute Gasteiger partial charge is 0.229 e. The molecule has 6 heteroatoms. The van der Waals surface area contributed by atoms with Crippen molar-refractivity contribution < 1.29 is 9.59 Å². The van der Waals surface area contributed by atoms with Crippen LogP contribution in [0.2, 0.25) is 0 Å². The molecule has 1 fully saturated rings. The standard InChI is InChI=1S/C22H22N4O2/c23-15-20(21(27)19-14-17-8-4-5-9-18(17)24-19)25-10-12-26(13-11-25)22(28)16-6-2-1-3-7-16/h1-6,8-9,14,16,20,24H,7,10-13H2. The van der Waals surface area contributed by atoms with E-state index in [1.807, 2.05) is 58.4 Å².